The summed E-state index contributed by atoms with van der Waals surface area (Å²) < 4.78 is 14.0. The van der Waals surface area contributed by atoms with E-state index in [-0.39, 0.29) is 24.7 Å². The van der Waals surface area contributed by atoms with Crippen LogP contribution < -0.4 is 0 Å². The molecule has 0 amide bonds. The van der Waals surface area contributed by atoms with Crippen LogP contribution in [0.2, 0.25) is 0 Å². The second kappa shape index (κ2) is 3.44. The Hall–Kier alpha value is -0.740. The lowest BCUT2D eigenvalue weighted by molar-refractivity contribution is 0.0980. The summed E-state index contributed by atoms with van der Waals surface area (Å²) in [6.07, 6.45) is 0.208. The van der Waals surface area contributed by atoms with E-state index in [1.54, 1.807) is 6.07 Å². The molecule has 0 aromatic heterocycles. The van der Waals surface area contributed by atoms with Crippen LogP contribution in [0.1, 0.15) is 28.3 Å². The fourth-order valence-electron chi connectivity index (χ4n) is 1.82. The fraction of sp³-hybridized carbons (Fsp3) is 0.300. The van der Waals surface area contributed by atoms with Gasteiger partial charge in [-0.05, 0) is 12.1 Å². The fourth-order valence-corrected chi connectivity index (χ4v) is 2.25. The summed E-state index contributed by atoms with van der Waals surface area (Å²) in [5, 5.41) is 8.99. The number of carbonyl (C=O) groups excluding carboxylic acids is 1. The zero-order valence-electron chi connectivity index (χ0n) is 7.26. The van der Waals surface area contributed by atoms with Crippen molar-refractivity contribution in [2.75, 3.05) is 6.61 Å². The highest BCUT2D eigenvalue weighted by atomic mass is 79.9. The maximum atomic E-state index is 13.5. The van der Waals surface area contributed by atoms with Crippen LogP contribution in [0.4, 0.5) is 4.39 Å². The van der Waals surface area contributed by atoms with E-state index >= 15 is 0 Å². The zero-order valence-corrected chi connectivity index (χ0v) is 8.84. The first-order chi connectivity index (χ1) is 6.63. The normalized spacial score (nSPS) is 19.9. The first kappa shape index (κ1) is 9.80. The molecule has 0 spiro atoms. The first-order valence-corrected chi connectivity index (χ1v) is 5.05. The molecular formula is C10H8BrFO2. The van der Waals surface area contributed by atoms with Crippen molar-refractivity contribution in [2.24, 2.45) is 0 Å². The summed E-state index contributed by atoms with van der Waals surface area (Å²) in [6, 6.07) is 2.93. The molecule has 1 aromatic rings. The van der Waals surface area contributed by atoms with Crippen LogP contribution in [0.15, 0.2) is 16.6 Å². The van der Waals surface area contributed by atoms with Crippen molar-refractivity contribution < 1.29 is 14.3 Å². The van der Waals surface area contributed by atoms with E-state index < -0.39 is 5.82 Å². The lowest BCUT2D eigenvalue weighted by atomic mass is 10.0. The molecule has 74 valence electrons. The molecule has 1 aliphatic carbocycles. The highest BCUT2D eigenvalue weighted by molar-refractivity contribution is 9.10. The summed E-state index contributed by atoms with van der Waals surface area (Å²) in [7, 11) is 0. The predicted octanol–water partition coefficient (Wildman–Crippen LogP) is 2.25. The van der Waals surface area contributed by atoms with E-state index in [2.05, 4.69) is 15.9 Å². The number of Topliss-reactive ketones (excluding diaryl/α,β-unsaturated/α-hetero) is 1. The number of rotatable bonds is 1. The van der Waals surface area contributed by atoms with Crippen molar-refractivity contribution in [1.82, 2.24) is 0 Å². The number of hydrogen-bond acceptors (Lipinski definition) is 2. The zero-order chi connectivity index (χ0) is 10.3. The van der Waals surface area contributed by atoms with E-state index in [1.807, 2.05) is 0 Å². The van der Waals surface area contributed by atoms with Gasteiger partial charge in [0.1, 0.15) is 5.82 Å². The molecule has 2 rings (SSSR count). The summed E-state index contributed by atoms with van der Waals surface area (Å²) in [4.78, 5) is 11.4. The Kier molecular flexibility index (Phi) is 2.41. The van der Waals surface area contributed by atoms with Crippen molar-refractivity contribution in [2.45, 2.75) is 12.3 Å². The molecule has 0 bridgehead atoms. The Bertz CT molecular complexity index is 403. The topological polar surface area (TPSA) is 37.3 Å². The van der Waals surface area contributed by atoms with Gasteiger partial charge < -0.3 is 5.11 Å². The smallest absolute Gasteiger partial charge is 0.164 e. The highest BCUT2D eigenvalue weighted by Gasteiger charge is 2.31. The van der Waals surface area contributed by atoms with Crippen molar-refractivity contribution in [3.8, 4) is 0 Å². The van der Waals surface area contributed by atoms with Crippen molar-refractivity contribution >= 4 is 21.7 Å². The quantitative estimate of drug-likeness (QED) is 0.839. The van der Waals surface area contributed by atoms with E-state index in [1.165, 1.54) is 6.07 Å². The van der Waals surface area contributed by atoms with Crippen LogP contribution in [0.25, 0.3) is 0 Å². The third-order valence-electron chi connectivity index (χ3n) is 2.46. The predicted molar refractivity (Wildman–Crippen MR) is 52.9 cm³/mol. The largest absolute Gasteiger partial charge is 0.396 e. The molecule has 0 radical (unpaired) electrons. The van der Waals surface area contributed by atoms with Crippen molar-refractivity contribution in [3.63, 3.8) is 0 Å². The van der Waals surface area contributed by atoms with Crippen LogP contribution in [0.3, 0.4) is 0 Å². The van der Waals surface area contributed by atoms with Gasteiger partial charge >= 0.3 is 0 Å². The standard InChI is InChI=1S/C10H8BrFO2/c11-6-2-7-9(14)1-5(4-13)10(7)8(12)3-6/h2-3,5,13H,1,4H2/t5-/m0/s1. The molecule has 1 N–H and O–H groups in total. The molecule has 0 saturated heterocycles. The van der Waals surface area contributed by atoms with Gasteiger partial charge in [-0.2, -0.15) is 0 Å². The Morgan fingerprint density at radius 3 is 2.93 bits per heavy atom. The van der Waals surface area contributed by atoms with Gasteiger partial charge in [-0.3, -0.25) is 4.79 Å². The minimum atomic E-state index is -0.417. The Balaban J connectivity index is 2.62. The van der Waals surface area contributed by atoms with Gasteiger partial charge in [-0.15, -0.1) is 0 Å². The number of halogens is 2. The monoisotopic (exact) mass is 258 g/mol. The van der Waals surface area contributed by atoms with Crippen LogP contribution in [0, 0.1) is 5.82 Å². The van der Waals surface area contributed by atoms with E-state index in [4.69, 9.17) is 5.11 Å². The number of aliphatic hydroxyl groups excluding tert-OH is 1. The number of aliphatic hydroxyl groups is 1. The Morgan fingerprint density at radius 2 is 2.29 bits per heavy atom. The second-order valence-corrected chi connectivity index (χ2v) is 4.27. The molecule has 1 atom stereocenters. The summed E-state index contributed by atoms with van der Waals surface area (Å²) >= 11 is 3.13. The summed E-state index contributed by atoms with van der Waals surface area (Å²) in [5.41, 5.74) is 0.761. The van der Waals surface area contributed by atoms with Gasteiger partial charge in [0.15, 0.2) is 5.78 Å². The first-order valence-electron chi connectivity index (χ1n) is 4.26. The molecule has 4 heteroatoms. The molecule has 0 unspecified atom stereocenters. The van der Waals surface area contributed by atoms with Gasteiger partial charge in [0.05, 0.1) is 6.61 Å². The summed E-state index contributed by atoms with van der Waals surface area (Å²) in [5.74, 6) is -0.885. The lowest BCUT2D eigenvalue weighted by Crippen LogP contribution is -2.01. The maximum Gasteiger partial charge on any atom is 0.164 e. The Labute approximate surface area is 88.9 Å². The second-order valence-electron chi connectivity index (χ2n) is 3.36. The molecule has 0 saturated carbocycles. The molecular weight excluding hydrogens is 251 g/mol. The van der Waals surface area contributed by atoms with Gasteiger partial charge in [0.25, 0.3) is 0 Å². The number of hydrogen-bond donors (Lipinski definition) is 1. The molecule has 0 heterocycles. The average molecular weight is 259 g/mol. The third kappa shape index (κ3) is 1.38. The van der Waals surface area contributed by atoms with Crippen LogP contribution in [-0.2, 0) is 0 Å². The molecule has 2 nitrogen and oxygen atoms in total. The van der Waals surface area contributed by atoms with Gasteiger partial charge in [0, 0.05) is 27.9 Å². The average Bonchev–Trinajstić information content (AvgIpc) is 2.43. The van der Waals surface area contributed by atoms with Gasteiger partial charge in [-0.25, -0.2) is 4.39 Å². The lowest BCUT2D eigenvalue weighted by Gasteiger charge is -2.07. The summed E-state index contributed by atoms with van der Waals surface area (Å²) in [6.45, 7) is -0.183. The van der Waals surface area contributed by atoms with Crippen molar-refractivity contribution in [3.05, 3.63) is 33.5 Å². The minimum Gasteiger partial charge on any atom is -0.396 e. The van der Waals surface area contributed by atoms with E-state index in [9.17, 15) is 9.18 Å². The highest BCUT2D eigenvalue weighted by Crippen LogP contribution is 2.36. The number of benzene rings is 1. The van der Waals surface area contributed by atoms with E-state index in [0.29, 0.717) is 15.6 Å². The van der Waals surface area contributed by atoms with Crippen molar-refractivity contribution in [1.29, 1.82) is 0 Å². The molecule has 14 heavy (non-hydrogen) atoms. The van der Waals surface area contributed by atoms with Gasteiger partial charge in [-0.1, -0.05) is 15.9 Å². The molecule has 0 aliphatic heterocycles. The number of ketones is 1. The molecule has 1 aromatic carbocycles. The third-order valence-corrected chi connectivity index (χ3v) is 2.91. The van der Waals surface area contributed by atoms with Gasteiger partial charge in [0.2, 0.25) is 0 Å². The minimum absolute atomic E-state index is 0.0979. The molecule has 1 aliphatic rings. The number of carbonyl (C=O) groups is 1. The van der Waals surface area contributed by atoms with Crippen LogP contribution in [-0.4, -0.2) is 17.5 Å². The Morgan fingerprint density at radius 1 is 1.57 bits per heavy atom. The van der Waals surface area contributed by atoms with Crippen LogP contribution >= 0.6 is 15.9 Å². The SMILES string of the molecule is O=C1C[C@@H](CO)c2c(F)cc(Br)cc21. The maximum absolute atomic E-state index is 13.5. The van der Waals surface area contributed by atoms with Crippen LogP contribution in [0.5, 0.6) is 0 Å². The van der Waals surface area contributed by atoms with E-state index in [0.717, 1.165) is 0 Å². The number of fused-ring (bicyclic) bond motifs is 1. The molecule has 0 fully saturated rings.